The summed E-state index contributed by atoms with van der Waals surface area (Å²) in [5.74, 6) is -0.379. The zero-order valence-corrected chi connectivity index (χ0v) is 12.2. The molecule has 2 aliphatic heterocycles. The quantitative estimate of drug-likeness (QED) is 0.784. The molecular formula is C13H17N5O4. The Morgan fingerprint density at radius 1 is 1.32 bits per heavy atom. The number of aromatic nitrogens is 4. The van der Waals surface area contributed by atoms with Crippen molar-refractivity contribution in [2.75, 3.05) is 12.3 Å². The van der Waals surface area contributed by atoms with Gasteiger partial charge in [-0.3, -0.25) is 0 Å². The second kappa shape index (κ2) is 4.59. The topological polar surface area (TPSA) is 118 Å². The predicted molar refractivity (Wildman–Crippen MR) is 74.6 cm³/mol. The molecule has 0 bridgehead atoms. The van der Waals surface area contributed by atoms with Crippen LogP contribution in [0.1, 0.15) is 20.1 Å². The summed E-state index contributed by atoms with van der Waals surface area (Å²) in [5, 5.41) is 14.5. The van der Waals surface area contributed by atoms with Gasteiger partial charge in [-0.05, 0) is 13.8 Å². The van der Waals surface area contributed by atoms with E-state index in [0.717, 1.165) is 0 Å². The van der Waals surface area contributed by atoms with Gasteiger partial charge in [0.1, 0.15) is 30.5 Å². The fourth-order valence-electron chi connectivity index (χ4n) is 3.07. The molecule has 3 N–H and O–H groups in total. The summed E-state index contributed by atoms with van der Waals surface area (Å²) in [6.45, 7) is 3.50. The van der Waals surface area contributed by atoms with Crippen LogP contribution in [0.4, 0.5) is 5.82 Å². The highest BCUT2D eigenvalue weighted by Crippen LogP contribution is 2.43. The lowest BCUT2D eigenvalue weighted by molar-refractivity contribution is -0.201. The molecular weight excluding hydrogens is 290 g/mol. The van der Waals surface area contributed by atoms with Crippen molar-refractivity contribution in [1.82, 2.24) is 19.7 Å². The average Bonchev–Trinajstić information content (AvgIpc) is 3.10. The van der Waals surface area contributed by atoms with Gasteiger partial charge >= 0.3 is 0 Å². The first kappa shape index (κ1) is 13.8. The molecule has 2 saturated heterocycles. The van der Waals surface area contributed by atoms with Crippen molar-refractivity contribution in [3.8, 4) is 0 Å². The molecule has 22 heavy (non-hydrogen) atoms. The number of nitrogens with zero attached hydrogens (tertiary/aromatic N) is 4. The van der Waals surface area contributed by atoms with Crippen LogP contribution in [0.25, 0.3) is 11.0 Å². The minimum atomic E-state index is -0.734. The molecule has 2 aromatic heterocycles. The molecule has 0 aliphatic carbocycles. The lowest BCUT2D eigenvalue weighted by Crippen LogP contribution is -2.31. The van der Waals surface area contributed by atoms with Crippen molar-refractivity contribution < 1.29 is 19.3 Å². The maximum atomic E-state index is 9.52. The third kappa shape index (κ3) is 1.90. The van der Waals surface area contributed by atoms with Gasteiger partial charge in [0.2, 0.25) is 0 Å². The Balaban J connectivity index is 1.77. The molecule has 4 atom stereocenters. The summed E-state index contributed by atoms with van der Waals surface area (Å²) >= 11 is 0. The normalized spacial score (nSPS) is 33.4. The molecule has 0 amide bonds. The second-order valence-corrected chi connectivity index (χ2v) is 5.90. The molecule has 4 heterocycles. The van der Waals surface area contributed by atoms with E-state index in [0.29, 0.717) is 16.9 Å². The highest BCUT2D eigenvalue weighted by atomic mass is 16.8. The summed E-state index contributed by atoms with van der Waals surface area (Å²) in [6.07, 6.45) is 1.21. The van der Waals surface area contributed by atoms with E-state index < -0.39 is 18.1 Å². The van der Waals surface area contributed by atoms with Crippen LogP contribution in [0.3, 0.4) is 0 Å². The highest BCUT2D eigenvalue weighted by molar-refractivity contribution is 5.84. The first-order chi connectivity index (χ1) is 10.5. The van der Waals surface area contributed by atoms with Crippen molar-refractivity contribution in [2.24, 2.45) is 0 Å². The number of rotatable bonds is 2. The molecule has 2 aromatic rings. The number of nitrogens with two attached hydrogens (primary N) is 1. The number of hydrogen-bond donors (Lipinski definition) is 2. The van der Waals surface area contributed by atoms with Gasteiger partial charge in [-0.25, -0.2) is 14.6 Å². The minimum absolute atomic E-state index is 0.159. The maximum absolute atomic E-state index is 9.52. The third-order valence-electron chi connectivity index (χ3n) is 3.97. The summed E-state index contributed by atoms with van der Waals surface area (Å²) in [6, 6.07) is 0. The third-order valence-corrected chi connectivity index (χ3v) is 3.97. The van der Waals surface area contributed by atoms with Crippen molar-refractivity contribution in [3.05, 3.63) is 12.5 Å². The van der Waals surface area contributed by atoms with E-state index in [1.165, 1.54) is 6.33 Å². The smallest absolute Gasteiger partial charge is 0.181 e. The Labute approximate surface area is 126 Å². The fraction of sp³-hybridized carbons (Fsp3) is 0.615. The molecule has 2 unspecified atom stereocenters. The lowest BCUT2D eigenvalue weighted by atomic mass is 10.1. The molecule has 0 saturated carbocycles. The van der Waals surface area contributed by atoms with Crippen LogP contribution in [0.5, 0.6) is 0 Å². The number of hydrogen-bond acceptors (Lipinski definition) is 8. The first-order valence-corrected chi connectivity index (χ1v) is 7.06. The van der Waals surface area contributed by atoms with Gasteiger partial charge in [-0.2, -0.15) is 5.10 Å². The van der Waals surface area contributed by atoms with Crippen molar-refractivity contribution in [3.63, 3.8) is 0 Å². The van der Waals surface area contributed by atoms with E-state index in [9.17, 15) is 5.11 Å². The van der Waals surface area contributed by atoms with Crippen LogP contribution < -0.4 is 5.73 Å². The predicted octanol–water partition coefficient (Wildman–Crippen LogP) is -0.182. The van der Waals surface area contributed by atoms with Crippen LogP contribution in [-0.4, -0.2) is 55.6 Å². The Hall–Kier alpha value is -1.81. The SMILES string of the molecule is CC1(C)O[C@@H]2C(CO)OC(n3ncc4c(N)ncnc43)[C@@H]2O1. The van der Waals surface area contributed by atoms with Crippen molar-refractivity contribution in [1.29, 1.82) is 0 Å². The standard InChI is InChI=1S/C13H17N5O4/c1-13(2)21-8-7(4-19)20-12(9(8)22-13)18-11-6(3-17-18)10(14)15-5-16-11/h3,5,7-9,12,19H,4H2,1-2H3,(H2,14,15,16)/t7?,8-,9-,12?/m1/s1. The first-order valence-electron chi connectivity index (χ1n) is 7.06. The molecule has 0 spiro atoms. The average molecular weight is 307 g/mol. The Kier molecular flexibility index (Phi) is 2.89. The van der Waals surface area contributed by atoms with E-state index in [1.54, 1.807) is 10.9 Å². The number of aliphatic hydroxyl groups is 1. The number of nitrogen functional groups attached to an aromatic ring is 1. The monoisotopic (exact) mass is 307 g/mol. The summed E-state index contributed by atoms with van der Waals surface area (Å²) in [5.41, 5.74) is 6.39. The fourth-order valence-corrected chi connectivity index (χ4v) is 3.07. The molecule has 4 rings (SSSR count). The van der Waals surface area contributed by atoms with Gasteiger partial charge < -0.3 is 25.1 Å². The largest absolute Gasteiger partial charge is 0.394 e. The molecule has 118 valence electrons. The second-order valence-electron chi connectivity index (χ2n) is 5.90. The van der Waals surface area contributed by atoms with E-state index in [2.05, 4.69) is 15.1 Å². The highest BCUT2D eigenvalue weighted by Gasteiger charge is 2.56. The number of anilines is 1. The number of fused-ring (bicyclic) bond motifs is 2. The molecule has 2 fully saturated rings. The van der Waals surface area contributed by atoms with Gasteiger partial charge in [0.15, 0.2) is 17.7 Å². The molecule has 0 radical (unpaired) electrons. The van der Waals surface area contributed by atoms with E-state index in [1.807, 2.05) is 13.8 Å². The zero-order chi connectivity index (χ0) is 15.5. The van der Waals surface area contributed by atoms with Crippen LogP contribution in [0, 0.1) is 0 Å². The summed E-state index contributed by atoms with van der Waals surface area (Å²) in [4.78, 5) is 8.16. The van der Waals surface area contributed by atoms with Gasteiger partial charge in [0.25, 0.3) is 0 Å². The molecule has 9 nitrogen and oxygen atoms in total. The van der Waals surface area contributed by atoms with Crippen molar-refractivity contribution >= 4 is 16.9 Å². The molecule has 2 aliphatic rings. The van der Waals surface area contributed by atoms with E-state index >= 15 is 0 Å². The van der Waals surface area contributed by atoms with Gasteiger partial charge in [-0.15, -0.1) is 0 Å². The van der Waals surface area contributed by atoms with Gasteiger partial charge in [0.05, 0.1) is 18.2 Å². The minimum Gasteiger partial charge on any atom is -0.394 e. The van der Waals surface area contributed by atoms with Crippen LogP contribution >= 0.6 is 0 Å². The molecule has 9 heteroatoms. The number of ether oxygens (including phenoxy) is 3. The summed E-state index contributed by atoms with van der Waals surface area (Å²) < 4.78 is 19.2. The van der Waals surface area contributed by atoms with Crippen molar-refractivity contribution in [2.45, 2.75) is 44.2 Å². The van der Waals surface area contributed by atoms with Crippen LogP contribution in [0.15, 0.2) is 12.5 Å². The Bertz CT molecular complexity index is 718. The Morgan fingerprint density at radius 2 is 2.09 bits per heavy atom. The Morgan fingerprint density at radius 3 is 2.86 bits per heavy atom. The molecule has 0 aromatic carbocycles. The zero-order valence-electron chi connectivity index (χ0n) is 12.2. The number of aliphatic hydroxyl groups excluding tert-OH is 1. The van der Waals surface area contributed by atoms with Gasteiger partial charge in [-0.1, -0.05) is 0 Å². The lowest BCUT2D eigenvalue weighted by Gasteiger charge is -2.23. The van der Waals surface area contributed by atoms with Crippen LogP contribution in [0.2, 0.25) is 0 Å². The van der Waals surface area contributed by atoms with Crippen LogP contribution in [-0.2, 0) is 14.2 Å². The summed E-state index contributed by atoms with van der Waals surface area (Å²) in [7, 11) is 0. The maximum Gasteiger partial charge on any atom is 0.181 e. The van der Waals surface area contributed by atoms with E-state index in [4.69, 9.17) is 19.9 Å². The van der Waals surface area contributed by atoms with E-state index in [-0.39, 0.29) is 18.8 Å². The van der Waals surface area contributed by atoms with Gasteiger partial charge in [0, 0.05) is 0 Å².